The van der Waals surface area contributed by atoms with Crippen molar-refractivity contribution in [2.45, 2.75) is 47.1 Å². The van der Waals surface area contributed by atoms with E-state index < -0.39 is 5.97 Å². The van der Waals surface area contributed by atoms with Gasteiger partial charge in [-0.25, -0.2) is 4.79 Å². The normalized spacial score (nSPS) is 11.8. The highest BCUT2D eigenvalue weighted by Gasteiger charge is 2.26. The van der Waals surface area contributed by atoms with Crippen LogP contribution in [0.4, 0.5) is 0 Å². The second kappa shape index (κ2) is 6.74. The molecule has 0 fully saturated rings. The molecular formula is C17H23NO4S. The monoisotopic (exact) mass is 337 g/mol. The van der Waals surface area contributed by atoms with E-state index in [-0.39, 0.29) is 16.7 Å². The van der Waals surface area contributed by atoms with Crippen LogP contribution in [0.15, 0.2) is 16.2 Å². The fourth-order valence-electron chi connectivity index (χ4n) is 2.42. The van der Waals surface area contributed by atoms with Crippen molar-refractivity contribution < 1.29 is 14.6 Å². The summed E-state index contributed by atoms with van der Waals surface area (Å²) in [6.45, 7) is 8.73. The molecule has 23 heavy (non-hydrogen) atoms. The third-order valence-corrected chi connectivity index (χ3v) is 4.32. The zero-order valence-electron chi connectivity index (χ0n) is 14.0. The number of hydrogen-bond donors (Lipinski definition) is 1. The van der Waals surface area contributed by atoms with Crippen LogP contribution in [0, 0.1) is 5.41 Å². The molecule has 0 aromatic carbocycles. The quantitative estimate of drug-likeness (QED) is 0.809. The van der Waals surface area contributed by atoms with Gasteiger partial charge in [-0.2, -0.15) is 0 Å². The van der Waals surface area contributed by atoms with Crippen molar-refractivity contribution in [1.82, 2.24) is 4.57 Å². The van der Waals surface area contributed by atoms with Crippen LogP contribution in [0.5, 0.6) is 5.75 Å². The first-order valence-electron chi connectivity index (χ1n) is 7.76. The summed E-state index contributed by atoms with van der Waals surface area (Å²) in [7, 11) is 0. The van der Waals surface area contributed by atoms with Crippen LogP contribution in [0.1, 0.15) is 51.0 Å². The molecule has 126 valence electrons. The number of pyridine rings is 1. The molecule has 0 aliphatic rings. The highest BCUT2D eigenvalue weighted by atomic mass is 32.1. The van der Waals surface area contributed by atoms with Crippen LogP contribution in [0.2, 0.25) is 0 Å². The van der Waals surface area contributed by atoms with Gasteiger partial charge in [-0.1, -0.05) is 34.1 Å². The zero-order chi connectivity index (χ0) is 17.2. The summed E-state index contributed by atoms with van der Waals surface area (Å²) in [5.74, 6) is -0.812. The average Bonchev–Trinajstić information content (AvgIpc) is 2.91. The maximum atomic E-state index is 12.7. The number of aromatic carboxylic acids is 1. The number of rotatable bonds is 6. The summed E-state index contributed by atoms with van der Waals surface area (Å²) >= 11 is 1.34. The van der Waals surface area contributed by atoms with Crippen LogP contribution >= 0.6 is 11.3 Å². The van der Waals surface area contributed by atoms with Gasteiger partial charge < -0.3 is 9.84 Å². The topological polar surface area (TPSA) is 68.5 Å². The molecule has 2 heterocycles. The van der Waals surface area contributed by atoms with Crippen LogP contribution < -0.4 is 10.3 Å². The molecule has 0 aliphatic heterocycles. The summed E-state index contributed by atoms with van der Waals surface area (Å²) in [5.41, 5.74) is -0.536. The molecule has 5 nitrogen and oxygen atoms in total. The van der Waals surface area contributed by atoms with E-state index in [1.165, 1.54) is 15.9 Å². The van der Waals surface area contributed by atoms with Crippen molar-refractivity contribution in [3.8, 4) is 5.75 Å². The van der Waals surface area contributed by atoms with Crippen LogP contribution in [-0.2, 0) is 6.54 Å². The van der Waals surface area contributed by atoms with Gasteiger partial charge in [0.1, 0.15) is 0 Å². The number of thiophene rings is 1. The summed E-state index contributed by atoms with van der Waals surface area (Å²) in [5, 5.41) is 12.0. The number of carbonyl (C=O) groups is 1. The van der Waals surface area contributed by atoms with Gasteiger partial charge in [-0.3, -0.25) is 9.36 Å². The molecule has 0 aliphatic carbocycles. The zero-order valence-corrected chi connectivity index (χ0v) is 14.8. The maximum Gasteiger partial charge on any atom is 0.356 e. The predicted octanol–water partition coefficient (Wildman–Crippen LogP) is 3.99. The van der Waals surface area contributed by atoms with Crippen molar-refractivity contribution in [2.24, 2.45) is 5.41 Å². The van der Waals surface area contributed by atoms with Crippen molar-refractivity contribution in [2.75, 3.05) is 6.61 Å². The van der Waals surface area contributed by atoms with E-state index in [9.17, 15) is 14.7 Å². The molecule has 0 radical (unpaired) electrons. The van der Waals surface area contributed by atoms with E-state index in [2.05, 4.69) is 0 Å². The van der Waals surface area contributed by atoms with E-state index in [0.717, 1.165) is 12.8 Å². The Hall–Kier alpha value is -1.82. The molecule has 0 amide bonds. The Labute approximate surface area is 139 Å². The number of ether oxygens (including phenoxy) is 1. The summed E-state index contributed by atoms with van der Waals surface area (Å²) in [4.78, 5) is 24.6. The van der Waals surface area contributed by atoms with Crippen molar-refractivity contribution in [1.29, 1.82) is 0 Å². The fourth-order valence-corrected chi connectivity index (χ4v) is 3.31. The van der Waals surface area contributed by atoms with Gasteiger partial charge in [0.2, 0.25) is 0 Å². The fraction of sp³-hybridized carbons (Fsp3) is 0.529. The summed E-state index contributed by atoms with van der Waals surface area (Å²) in [6, 6.07) is 1.74. The van der Waals surface area contributed by atoms with E-state index in [4.69, 9.17) is 4.74 Å². The van der Waals surface area contributed by atoms with Gasteiger partial charge in [-0.05, 0) is 23.3 Å². The molecule has 6 heteroatoms. The highest BCUT2D eigenvalue weighted by Crippen LogP contribution is 2.33. The summed E-state index contributed by atoms with van der Waals surface area (Å²) in [6.07, 6.45) is 1.79. The molecule has 0 atom stereocenters. The van der Waals surface area contributed by atoms with Crippen LogP contribution in [-0.4, -0.2) is 22.2 Å². The van der Waals surface area contributed by atoms with Gasteiger partial charge in [0.05, 0.1) is 16.7 Å². The smallest absolute Gasteiger partial charge is 0.356 e. The molecule has 0 saturated carbocycles. The van der Waals surface area contributed by atoms with Gasteiger partial charge in [0, 0.05) is 6.54 Å². The molecule has 0 bridgehead atoms. The molecule has 0 unspecified atom stereocenters. The number of carboxylic acids is 1. The Bertz CT molecular complexity index is 767. The van der Waals surface area contributed by atoms with Crippen molar-refractivity contribution >= 4 is 27.4 Å². The molecular weight excluding hydrogens is 314 g/mol. The maximum absolute atomic E-state index is 12.7. The Balaban J connectivity index is 2.71. The SMILES string of the molecule is CCCCOc1c(C(=O)O)n(CC(C)(C)C)c(=O)c2ccsc12. The number of aromatic nitrogens is 1. The number of fused-ring (bicyclic) bond motifs is 1. The number of nitrogens with zero attached hydrogens (tertiary/aromatic N) is 1. The Morgan fingerprint density at radius 3 is 2.65 bits per heavy atom. The van der Waals surface area contributed by atoms with Gasteiger partial charge in [-0.15, -0.1) is 11.3 Å². The molecule has 0 saturated heterocycles. The second-order valence-electron chi connectivity index (χ2n) is 6.80. The molecule has 2 aromatic rings. The first-order chi connectivity index (χ1) is 10.8. The van der Waals surface area contributed by atoms with Crippen molar-refractivity contribution in [3.63, 3.8) is 0 Å². The van der Waals surface area contributed by atoms with Crippen LogP contribution in [0.25, 0.3) is 10.1 Å². The second-order valence-corrected chi connectivity index (χ2v) is 7.72. The van der Waals surface area contributed by atoms with Gasteiger partial charge >= 0.3 is 5.97 Å². The lowest BCUT2D eigenvalue weighted by atomic mass is 9.96. The number of hydrogen-bond acceptors (Lipinski definition) is 4. The minimum atomic E-state index is -1.13. The Morgan fingerprint density at radius 2 is 2.09 bits per heavy atom. The number of carboxylic acid groups (broad SMARTS) is 1. The van der Waals surface area contributed by atoms with Crippen LogP contribution in [0.3, 0.4) is 0 Å². The van der Waals surface area contributed by atoms with E-state index in [0.29, 0.717) is 29.0 Å². The number of unbranched alkanes of at least 4 members (excludes halogenated alkanes) is 1. The Kier molecular flexibility index (Phi) is 5.14. The molecule has 2 rings (SSSR count). The third-order valence-electron chi connectivity index (χ3n) is 3.41. The van der Waals surface area contributed by atoms with E-state index in [1.807, 2.05) is 27.7 Å². The predicted molar refractivity (Wildman–Crippen MR) is 92.9 cm³/mol. The molecule has 1 N–H and O–H groups in total. The molecule has 0 spiro atoms. The van der Waals surface area contributed by atoms with E-state index in [1.54, 1.807) is 11.4 Å². The van der Waals surface area contributed by atoms with Gasteiger partial charge in [0.15, 0.2) is 11.4 Å². The lowest BCUT2D eigenvalue weighted by Gasteiger charge is -2.23. The summed E-state index contributed by atoms with van der Waals surface area (Å²) < 4.78 is 7.76. The first kappa shape index (κ1) is 17.5. The van der Waals surface area contributed by atoms with Gasteiger partial charge in [0.25, 0.3) is 5.56 Å². The highest BCUT2D eigenvalue weighted by molar-refractivity contribution is 7.17. The Morgan fingerprint density at radius 1 is 1.39 bits per heavy atom. The lowest BCUT2D eigenvalue weighted by Crippen LogP contribution is -2.31. The van der Waals surface area contributed by atoms with Crippen molar-refractivity contribution in [3.05, 3.63) is 27.5 Å². The standard InChI is InChI=1S/C17H23NO4S/c1-5-6-8-22-13-12(16(20)21)18(10-17(2,3)4)15(19)11-7-9-23-14(11)13/h7,9H,5-6,8,10H2,1-4H3,(H,20,21). The minimum Gasteiger partial charge on any atom is -0.490 e. The largest absolute Gasteiger partial charge is 0.490 e. The third kappa shape index (κ3) is 3.75. The molecule has 2 aromatic heterocycles. The lowest BCUT2D eigenvalue weighted by molar-refractivity contribution is 0.0675. The first-order valence-corrected chi connectivity index (χ1v) is 8.64. The minimum absolute atomic E-state index is 0.0454. The van der Waals surface area contributed by atoms with E-state index >= 15 is 0 Å². The average molecular weight is 337 g/mol.